The Balaban J connectivity index is 0. The normalized spacial score (nSPS) is 11.6. The zero-order valence-electron chi connectivity index (χ0n) is 6.98. The molecule has 0 aromatic rings. The van der Waals surface area contributed by atoms with Crippen LogP contribution in [0.25, 0.3) is 0 Å². The molecule has 0 rings (SSSR count). The molecule has 0 aliphatic heterocycles. The average Bonchev–Trinajstić information content (AvgIpc) is 1.79. The molecule has 0 aromatic heterocycles. The van der Waals surface area contributed by atoms with Crippen LogP contribution >= 0.6 is 0 Å². The van der Waals surface area contributed by atoms with Crippen molar-refractivity contribution in [3.63, 3.8) is 0 Å². The molecule has 0 saturated carbocycles. The van der Waals surface area contributed by atoms with E-state index in [0.29, 0.717) is 0 Å². The van der Waals surface area contributed by atoms with E-state index in [2.05, 4.69) is 6.58 Å². The van der Waals surface area contributed by atoms with Gasteiger partial charge in [0.1, 0.15) is 0 Å². The Labute approximate surface area is 107 Å². The summed E-state index contributed by atoms with van der Waals surface area (Å²) < 4.78 is 64.1. The van der Waals surface area contributed by atoms with Gasteiger partial charge < -0.3 is 0 Å². The number of hydrogen-bond donors (Lipinski definition) is 0. The minimum Gasteiger partial charge on any atom is -0.245 e. The fourth-order valence-corrected chi connectivity index (χ4v) is 2.06. The summed E-state index contributed by atoms with van der Waals surface area (Å²) in [7, 11) is -9.69. The fraction of sp³-hybridized carbons (Fsp3) is 0.400. The van der Waals surface area contributed by atoms with Crippen molar-refractivity contribution in [1.82, 2.24) is 0 Å². The van der Waals surface area contributed by atoms with E-state index in [1.807, 2.05) is 0 Å². The predicted molar refractivity (Wildman–Crippen MR) is 43.2 cm³/mol. The van der Waals surface area contributed by atoms with Crippen LogP contribution in [0.5, 0.6) is 0 Å². The quantitative estimate of drug-likeness (QED) is 0.541. The van der Waals surface area contributed by atoms with E-state index in [9.17, 15) is 24.6 Å². The Morgan fingerprint density at radius 1 is 1.07 bits per heavy atom. The van der Waals surface area contributed by atoms with E-state index >= 15 is 0 Å². The monoisotopic (exact) mass is 322 g/mol. The van der Waals surface area contributed by atoms with Gasteiger partial charge in [0.05, 0.1) is 0 Å². The van der Waals surface area contributed by atoms with Crippen molar-refractivity contribution in [2.24, 2.45) is 0 Å². The summed E-state index contributed by atoms with van der Waals surface area (Å²) in [5.74, 6) is -2.75. The first kappa shape index (κ1) is 16.9. The van der Waals surface area contributed by atoms with E-state index in [1.165, 1.54) is 0 Å². The number of allylic oxidation sites excluding steroid dienone is 1. The Hall–Kier alpha value is 0.474. The van der Waals surface area contributed by atoms with Gasteiger partial charge in [0.2, 0.25) is 0 Å². The predicted octanol–water partition coefficient (Wildman–Crippen LogP) is 0.343. The molecule has 0 heterocycles. The van der Waals surface area contributed by atoms with Gasteiger partial charge in [0.25, 0.3) is 20.4 Å². The van der Waals surface area contributed by atoms with Crippen LogP contribution in [0.2, 0.25) is 0 Å². The minimum atomic E-state index is -4.85. The first-order chi connectivity index (χ1) is 5.64. The third kappa shape index (κ3) is 10.6. The SMILES string of the molecule is C=C[C-](CS(=O)(=O)F)CS(=O)(=O)F.[Y]. The molecule has 0 bridgehead atoms. The van der Waals surface area contributed by atoms with E-state index in [1.54, 1.807) is 0 Å². The zero-order chi connectivity index (χ0) is 10.7. The summed E-state index contributed by atoms with van der Waals surface area (Å²) in [6, 6.07) is 0. The van der Waals surface area contributed by atoms with Crippen LogP contribution in [0.4, 0.5) is 7.77 Å². The smallest absolute Gasteiger partial charge is 0.245 e. The van der Waals surface area contributed by atoms with Gasteiger partial charge in [-0.15, -0.1) is 7.77 Å². The van der Waals surface area contributed by atoms with Crippen LogP contribution in [0.1, 0.15) is 0 Å². The molecule has 0 fully saturated rings. The van der Waals surface area contributed by atoms with Crippen LogP contribution in [-0.4, -0.2) is 28.3 Å². The molecule has 0 aliphatic carbocycles. The molecule has 0 aliphatic rings. The molecule has 4 nitrogen and oxygen atoms in total. The average molecular weight is 322 g/mol. The Bertz CT molecular complexity index is 341. The maximum atomic E-state index is 12.0. The van der Waals surface area contributed by atoms with Crippen molar-refractivity contribution in [3.05, 3.63) is 18.6 Å². The largest absolute Gasteiger partial charge is 0.290 e. The van der Waals surface area contributed by atoms with Gasteiger partial charge in [-0.25, -0.2) is 12.7 Å². The molecular weight excluding hydrogens is 315 g/mol. The van der Waals surface area contributed by atoms with E-state index in [4.69, 9.17) is 0 Å². The van der Waals surface area contributed by atoms with Crippen molar-refractivity contribution in [3.8, 4) is 0 Å². The molecule has 0 aromatic carbocycles. The van der Waals surface area contributed by atoms with E-state index in [-0.39, 0.29) is 32.7 Å². The van der Waals surface area contributed by atoms with Gasteiger partial charge in [-0.2, -0.15) is 22.8 Å². The molecule has 0 unspecified atom stereocenters. The van der Waals surface area contributed by atoms with Crippen LogP contribution in [0.15, 0.2) is 12.7 Å². The molecule has 9 heteroatoms. The van der Waals surface area contributed by atoms with Gasteiger partial charge in [0, 0.05) is 44.2 Å². The topological polar surface area (TPSA) is 68.3 Å². The second-order valence-corrected chi connectivity index (χ2v) is 4.96. The fourth-order valence-electron chi connectivity index (χ4n) is 0.602. The van der Waals surface area contributed by atoms with Crippen LogP contribution < -0.4 is 0 Å². The first-order valence-electron chi connectivity index (χ1n) is 2.96. The van der Waals surface area contributed by atoms with Crippen LogP contribution in [0.3, 0.4) is 0 Å². The Kier molecular flexibility index (Phi) is 7.41. The number of halogens is 2. The minimum absolute atomic E-state index is 0. The van der Waals surface area contributed by atoms with Crippen LogP contribution in [0, 0.1) is 5.92 Å². The second-order valence-electron chi connectivity index (χ2n) is 2.23. The van der Waals surface area contributed by atoms with Crippen molar-refractivity contribution < 1.29 is 57.3 Å². The maximum absolute atomic E-state index is 12.0. The third-order valence-electron chi connectivity index (χ3n) is 1.00. The van der Waals surface area contributed by atoms with Crippen molar-refractivity contribution in [1.29, 1.82) is 0 Å². The zero-order valence-corrected chi connectivity index (χ0v) is 11.5. The van der Waals surface area contributed by atoms with Crippen molar-refractivity contribution in [2.75, 3.05) is 11.5 Å². The molecule has 0 atom stereocenters. The Morgan fingerprint density at radius 2 is 1.36 bits per heavy atom. The van der Waals surface area contributed by atoms with E-state index in [0.717, 1.165) is 6.08 Å². The van der Waals surface area contributed by atoms with Gasteiger partial charge in [-0.3, -0.25) is 0 Å². The molecule has 81 valence electrons. The molecule has 0 N–H and O–H groups in total. The molecule has 14 heavy (non-hydrogen) atoms. The summed E-state index contributed by atoms with van der Waals surface area (Å²) in [5, 5.41) is 0. The summed E-state index contributed by atoms with van der Waals surface area (Å²) in [6.07, 6.45) is 0.800. The van der Waals surface area contributed by atoms with Crippen LogP contribution in [-0.2, 0) is 53.2 Å². The molecule has 0 amide bonds. The summed E-state index contributed by atoms with van der Waals surface area (Å²) in [6.45, 7) is 3.03. The standard InChI is InChI=1S/C5H7F2O4S2.Y/c1-2-5(3-12(6,8)9)4-13(7,10)11;/h2H,1,3-4H2;/q-1;. The van der Waals surface area contributed by atoms with Gasteiger partial charge in [-0.05, 0) is 0 Å². The third-order valence-corrected chi connectivity index (χ3v) is 2.44. The van der Waals surface area contributed by atoms with E-state index < -0.39 is 37.9 Å². The van der Waals surface area contributed by atoms with Gasteiger partial charge in [-0.1, -0.05) is 0 Å². The van der Waals surface area contributed by atoms with Crippen molar-refractivity contribution in [2.45, 2.75) is 0 Å². The number of rotatable bonds is 5. The Morgan fingerprint density at radius 3 is 1.50 bits per heavy atom. The molecule has 0 spiro atoms. The van der Waals surface area contributed by atoms with Crippen molar-refractivity contribution >= 4 is 20.4 Å². The maximum Gasteiger partial charge on any atom is 0.290 e. The molecular formula is C5H7F2O4S2Y-. The van der Waals surface area contributed by atoms with Gasteiger partial charge >= 0.3 is 0 Å². The summed E-state index contributed by atoms with van der Waals surface area (Å²) in [5.41, 5.74) is 0. The van der Waals surface area contributed by atoms with Gasteiger partial charge in [0.15, 0.2) is 0 Å². The second kappa shape index (κ2) is 6.14. The molecule has 1 radical (unpaired) electrons. The summed E-state index contributed by atoms with van der Waals surface area (Å²) in [4.78, 5) is 0. The summed E-state index contributed by atoms with van der Waals surface area (Å²) >= 11 is 0. The molecule has 0 saturated heterocycles. The first-order valence-corrected chi connectivity index (χ1v) is 6.06. The number of hydrogen-bond acceptors (Lipinski definition) is 4.